The number of carbonyl (C=O) groups is 1. The number of rotatable bonds is 9. The molecule has 1 heterocycles. The first kappa shape index (κ1) is 20.4. The van der Waals surface area contributed by atoms with Gasteiger partial charge in [-0.05, 0) is 55.9 Å². The summed E-state index contributed by atoms with van der Waals surface area (Å²) in [5.74, 6) is 0.844. The molecule has 0 saturated carbocycles. The zero-order valence-electron chi connectivity index (χ0n) is 16.3. The Morgan fingerprint density at radius 3 is 2.66 bits per heavy atom. The van der Waals surface area contributed by atoms with E-state index in [-0.39, 0.29) is 12.5 Å². The molecule has 0 spiro atoms. The van der Waals surface area contributed by atoms with Crippen molar-refractivity contribution in [2.75, 3.05) is 24.0 Å². The molecule has 0 aliphatic carbocycles. The van der Waals surface area contributed by atoms with Crippen molar-refractivity contribution in [3.05, 3.63) is 64.7 Å². The molecule has 8 nitrogen and oxygen atoms in total. The second-order valence-electron chi connectivity index (χ2n) is 6.28. The lowest BCUT2D eigenvalue weighted by Gasteiger charge is -2.14. The van der Waals surface area contributed by atoms with Gasteiger partial charge in [-0.15, -0.1) is 0 Å². The number of nitrogens with one attached hydrogen (secondary N) is 3. The average Bonchev–Trinajstić information content (AvgIpc) is 3.12. The highest BCUT2D eigenvalue weighted by Crippen LogP contribution is 2.28. The third kappa shape index (κ3) is 5.82. The van der Waals surface area contributed by atoms with E-state index in [0.717, 1.165) is 16.8 Å². The first-order valence-corrected chi connectivity index (χ1v) is 9.57. The van der Waals surface area contributed by atoms with Crippen LogP contribution in [-0.2, 0) is 11.3 Å². The number of aryl methyl sites for hydroxylation is 1. The quantitative estimate of drug-likeness (QED) is 0.466. The zero-order valence-corrected chi connectivity index (χ0v) is 17.1. The monoisotopic (exact) mass is 413 g/mol. The minimum absolute atomic E-state index is 0.115. The highest BCUT2D eigenvalue weighted by Gasteiger charge is 2.10. The van der Waals surface area contributed by atoms with Crippen LogP contribution in [0.2, 0.25) is 0 Å². The minimum atomic E-state index is -0.239. The first-order chi connectivity index (χ1) is 14.0. The molecule has 1 amide bonds. The van der Waals surface area contributed by atoms with Crippen LogP contribution in [0.5, 0.6) is 11.5 Å². The fourth-order valence-electron chi connectivity index (χ4n) is 2.56. The van der Waals surface area contributed by atoms with Crippen LogP contribution in [0.15, 0.2) is 48.8 Å². The predicted molar refractivity (Wildman–Crippen MR) is 113 cm³/mol. The number of hydrogen-bond donors (Lipinski definition) is 3. The van der Waals surface area contributed by atoms with Gasteiger partial charge in [-0.3, -0.25) is 9.89 Å². The largest absolute Gasteiger partial charge is 0.490 e. The van der Waals surface area contributed by atoms with E-state index in [1.807, 2.05) is 50.2 Å². The van der Waals surface area contributed by atoms with Gasteiger partial charge in [-0.1, -0.05) is 23.8 Å². The molecule has 0 aliphatic rings. The summed E-state index contributed by atoms with van der Waals surface area (Å²) in [5.41, 5.74) is 5.96. The van der Waals surface area contributed by atoms with Crippen molar-refractivity contribution in [1.29, 1.82) is 0 Å². The van der Waals surface area contributed by atoms with Crippen molar-refractivity contribution in [3.63, 3.8) is 0 Å². The van der Waals surface area contributed by atoms with E-state index in [2.05, 4.69) is 20.9 Å². The third-order valence-corrected chi connectivity index (χ3v) is 4.30. The lowest BCUT2D eigenvalue weighted by Crippen LogP contribution is -2.20. The number of aromatic amines is 1. The molecule has 3 aromatic rings. The van der Waals surface area contributed by atoms with Gasteiger partial charge >= 0.3 is 0 Å². The van der Waals surface area contributed by atoms with Crippen molar-refractivity contribution >= 4 is 23.8 Å². The summed E-state index contributed by atoms with van der Waals surface area (Å²) in [7, 11) is 0. The number of aromatic nitrogens is 3. The van der Waals surface area contributed by atoms with E-state index in [0.29, 0.717) is 29.4 Å². The van der Waals surface area contributed by atoms with Crippen LogP contribution >= 0.6 is 12.2 Å². The molecular formula is C20H23N5O3S. The highest BCUT2D eigenvalue weighted by atomic mass is 32.1. The number of carbonyl (C=O) groups excluding carboxylic acids is 1. The smallest absolute Gasteiger partial charge is 0.262 e. The summed E-state index contributed by atoms with van der Waals surface area (Å²) in [5, 5.41) is 9.34. The van der Waals surface area contributed by atoms with Crippen LogP contribution < -0.4 is 20.2 Å². The number of hydrogen-bond acceptors (Lipinski definition) is 6. The SMILES string of the molecule is CCOc1cc(CNn2cn[nH]c2=S)ccc1OCC(=O)Nc1ccc(C)cc1. The maximum atomic E-state index is 12.2. The second kappa shape index (κ2) is 9.74. The van der Waals surface area contributed by atoms with Gasteiger partial charge < -0.3 is 20.2 Å². The number of benzene rings is 2. The molecule has 3 rings (SSSR count). The summed E-state index contributed by atoms with van der Waals surface area (Å²) in [4.78, 5) is 12.2. The fourth-order valence-corrected chi connectivity index (χ4v) is 2.73. The molecule has 152 valence electrons. The van der Waals surface area contributed by atoms with Crippen LogP contribution in [0, 0.1) is 11.7 Å². The topological polar surface area (TPSA) is 93.2 Å². The van der Waals surface area contributed by atoms with Crippen LogP contribution in [-0.4, -0.2) is 34.0 Å². The van der Waals surface area contributed by atoms with E-state index in [1.54, 1.807) is 17.1 Å². The Morgan fingerprint density at radius 1 is 1.17 bits per heavy atom. The Balaban J connectivity index is 1.60. The summed E-state index contributed by atoms with van der Waals surface area (Å²) >= 11 is 5.10. The third-order valence-electron chi connectivity index (χ3n) is 4.01. The molecule has 0 bridgehead atoms. The van der Waals surface area contributed by atoms with Gasteiger partial charge in [-0.25, -0.2) is 4.68 Å². The fraction of sp³-hybridized carbons (Fsp3) is 0.250. The number of H-pyrrole nitrogens is 1. The Bertz CT molecular complexity index is 1010. The zero-order chi connectivity index (χ0) is 20.6. The Labute approximate surface area is 173 Å². The van der Waals surface area contributed by atoms with Crippen molar-refractivity contribution in [3.8, 4) is 11.5 Å². The number of amides is 1. The van der Waals surface area contributed by atoms with E-state index in [4.69, 9.17) is 21.7 Å². The molecule has 0 saturated heterocycles. The highest BCUT2D eigenvalue weighted by molar-refractivity contribution is 7.71. The molecule has 9 heteroatoms. The molecule has 0 aliphatic heterocycles. The summed E-state index contributed by atoms with van der Waals surface area (Å²) in [6.45, 7) is 4.77. The van der Waals surface area contributed by atoms with Crippen molar-refractivity contribution in [2.45, 2.75) is 20.4 Å². The minimum Gasteiger partial charge on any atom is -0.490 e. The van der Waals surface area contributed by atoms with E-state index in [9.17, 15) is 4.79 Å². The van der Waals surface area contributed by atoms with Crippen molar-refractivity contribution in [1.82, 2.24) is 14.9 Å². The maximum absolute atomic E-state index is 12.2. The summed E-state index contributed by atoms with van der Waals surface area (Å²) < 4.78 is 13.5. The number of anilines is 1. The normalized spacial score (nSPS) is 10.4. The van der Waals surface area contributed by atoms with Crippen LogP contribution in [0.25, 0.3) is 0 Å². The van der Waals surface area contributed by atoms with Gasteiger partial charge in [0.1, 0.15) is 6.33 Å². The number of nitrogens with zero attached hydrogens (tertiary/aromatic N) is 2. The van der Waals surface area contributed by atoms with Gasteiger partial charge in [0, 0.05) is 5.69 Å². The standard InChI is InChI=1S/C20H23N5O3S/c1-3-27-18-10-15(11-22-25-13-21-24-20(25)29)6-9-17(18)28-12-19(26)23-16-7-4-14(2)5-8-16/h4-10,13,22H,3,11-12H2,1-2H3,(H,23,26)(H,24,29). The lowest BCUT2D eigenvalue weighted by atomic mass is 10.2. The second-order valence-corrected chi connectivity index (χ2v) is 6.67. The maximum Gasteiger partial charge on any atom is 0.262 e. The Morgan fingerprint density at radius 2 is 1.97 bits per heavy atom. The van der Waals surface area contributed by atoms with Crippen LogP contribution in [0.3, 0.4) is 0 Å². The molecule has 0 fully saturated rings. The average molecular weight is 414 g/mol. The molecule has 3 N–H and O–H groups in total. The van der Waals surface area contributed by atoms with Gasteiger partial charge in [0.15, 0.2) is 18.1 Å². The molecule has 0 radical (unpaired) electrons. The molecule has 2 aromatic carbocycles. The van der Waals surface area contributed by atoms with Crippen molar-refractivity contribution < 1.29 is 14.3 Å². The predicted octanol–water partition coefficient (Wildman–Crippen LogP) is 3.41. The van der Waals surface area contributed by atoms with Gasteiger partial charge in [-0.2, -0.15) is 5.10 Å². The van der Waals surface area contributed by atoms with Crippen LogP contribution in [0.4, 0.5) is 5.69 Å². The van der Waals surface area contributed by atoms with Gasteiger partial charge in [0.05, 0.1) is 13.2 Å². The molecular weight excluding hydrogens is 390 g/mol. The molecule has 29 heavy (non-hydrogen) atoms. The lowest BCUT2D eigenvalue weighted by molar-refractivity contribution is -0.118. The molecule has 0 atom stereocenters. The molecule has 1 aromatic heterocycles. The molecule has 0 unspecified atom stereocenters. The van der Waals surface area contributed by atoms with E-state index in [1.165, 1.54) is 0 Å². The first-order valence-electron chi connectivity index (χ1n) is 9.16. The van der Waals surface area contributed by atoms with Crippen molar-refractivity contribution in [2.24, 2.45) is 0 Å². The Hall–Kier alpha value is -3.33. The van der Waals surface area contributed by atoms with Gasteiger partial charge in [0.25, 0.3) is 5.91 Å². The van der Waals surface area contributed by atoms with Crippen LogP contribution in [0.1, 0.15) is 18.1 Å². The van der Waals surface area contributed by atoms with E-state index < -0.39 is 0 Å². The van der Waals surface area contributed by atoms with E-state index >= 15 is 0 Å². The van der Waals surface area contributed by atoms with Gasteiger partial charge in [0.2, 0.25) is 4.77 Å². The number of ether oxygens (including phenoxy) is 2. The Kier molecular flexibility index (Phi) is 6.85. The summed E-state index contributed by atoms with van der Waals surface area (Å²) in [6, 6.07) is 13.1. The summed E-state index contributed by atoms with van der Waals surface area (Å²) in [6.07, 6.45) is 1.57.